The van der Waals surface area contributed by atoms with Gasteiger partial charge in [0, 0.05) is 12.6 Å². The van der Waals surface area contributed by atoms with Gasteiger partial charge in [-0.25, -0.2) is 0 Å². The summed E-state index contributed by atoms with van der Waals surface area (Å²) in [6.45, 7) is 3.81. The highest BCUT2D eigenvalue weighted by Crippen LogP contribution is 2.29. The molecule has 0 amide bonds. The van der Waals surface area contributed by atoms with Gasteiger partial charge in [-0.15, -0.1) is 0 Å². The van der Waals surface area contributed by atoms with Crippen LogP contribution in [0.4, 0.5) is 0 Å². The molecule has 1 heterocycles. The highest BCUT2D eigenvalue weighted by molar-refractivity contribution is 5.23. The first-order chi connectivity index (χ1) is 10.2. The summed E-state index contributed by atoms with van der Waals surface area (Å²) in [6.07, 6.45) is 4.63. The van der Waals surface area contributed by atoms with Crippen molar-refractivity contribution in [3.05, 3.63) is 59.5 Å². The highest BCUT2D eigenvalue weighted by Gasteiger charge is 2.29. The van der Waals surface area contributed by atoms with Crippen molar-refractivity contribution in [2.45, 2.75) is 44.9 Å². The van der Waals surface area contributed by atoms with Gasteiger partial charge in [-0.05, 0) is 43.9 Å². The number of nitrogens with zero attached hydrogens (tertiary/aromatic N) is 1. The van der Waals surface area contributed by atoms with Crippen LogP contribution in [0.1, 0.15) is 42.3 Å². The first-order valence-corrected chi connectivity index (χ1v) is 7.73. The van der Waals surface area contributed by atoms with Gasteiger partial charge in [-0.2, -0.15) is 0 Å². The van der Waals surface area contributed by atoms with E-state index in [1.165, 1.54) is 18.4 Å². The summed E-state index contributed by atoms with van der Waals surface area (Å²) in [7, 11) is 0. The van der Waals surface area contributed by atoms with Crippen molar-refractivity contribution in [1.29, 1.82) is 0 Å². The summed E-state index contributed by atoms with van der Waals surface area (Å²) in [6, 6.07) is 12.8. The molecular weight excluding hydrogens is 262 g/mol. The minimum absolute atomic E-state index is 0.386. The average molecular weight is 285 g/mol. The van der Waals surface area contributed by atoms with Gasteiger partial charge in [-0.1, -0.05) is 29.8 Å². The smallest absolute Gasteiger partial charge is 0.117 e. The standard InChI is InChI=1S/C18H23NO2/c1-14-4-6-15(7-5-14)18(20)10-11-19(16-8-9-16)13-17-3-2-12-21-17/h2-7,12,16,18,20H,8-11,13H2,1H3. The van der Waals surface area contributed by atoms with Crippen molar-refractivity contribution in [3.63, 3.8) is 0 Å². The Morgan fingerprint density at radius 2 is 2.00 bits per heavy atom. The summed E-state index contributed by atoms with van der Waals surface area (Å²) in [5.74, 6) is 1.01. The number of hydrogen-bond donors (Lipinski definition) is 1. The lowest BCUT2D eigenvalue weighted by Crippen LogP contribution is -2.27. The Morgan fingerprint density at radius 1 is 1.24 bits per heavy atom. The Balaban J connectivity index is 1.55. The molecule has 0 bridgehead atoms. The zero-order valence-corrected chi connectivity index (χ0v) is 12.5. The van der Waals surface area contributed by atoms with Crippen LogP contribution in [0, 0.1) is 6.92 Å². The fraction of sp³-hybridized carbons (Fsp3) is 0.444. The highest BCUT2D eigenvalue weighted by atomic mass is 16.3. The van der Waals surface area contributed by atoms with Crippen LogP contribution in [0.5, 0.6) is 0 Å². The second kappa shape index (κ2) is 6.46. The molecule has 1 saturated carbocycles. The summed E-state index contributed by atoms with van der Waals surface area (Å²) in [5.41, 5.74) is 2.23. The fourth-order valence-electron chi connectivity index (χ4n) is 2.68. The second-order valence-electron chi connectivity index (χ2n) is 6.00. The van der Waals surface area contributed by atoms with E-state index < -0.39 is 0 Å². The Bertz CT molecular complexity index is 543. The van der Waals surface area contributed by atoms with E-state index in [1.54, 1.807) is 6.26 Å². The maximum atomic E-state index is 10.3. The van der Waals surface area contributed by atoms with E-state index in [0.29, 0.717) is 6.04 Å². The molecule has 1 atom stereocenters. The normalized spacial score (nSPS) is 16.3. The molecule has 112 valence electrons. The molecule has 0 aliphatic heterocycles. The fourth-order valence-corrected chi connectivity index (χ4v) is 2.68. The van der Waals surface area contributed by atoms with Gasteiger partial charge in [0.2, 0.25) is 0 Å². The Hall–Kier alpha value is -1.58. The van der Waals surface area contributed by atoms with E-state index in [-0.39, 0.29) is 6.10 Å². The number of rotatable bonds is 7. The van der Waals surface area contributed by atoms with E-state index in [1.807, 2.05) is 24.3 Å². The molecule has 1 aromatic carbocycles. The number of furan rings is 1. The van der Waals surface area contributed by atoms with E-state index in [0.717, 1.165) is 30.8 Å². The minimum atomic E-state index is -0.386. The lowest BCUT2D eigenvalue weighted by atomic mass is 10.0. The van der Waals surface area contributed by atoms with E-state index >= 15 is 0 Å². The molecule has 3 rings (SSSR count). The molecule has 1 aromatic heterocycles. The summed E-state index contributed by atoms with van der Waals surface area (Å²) in [4.78, 5) is 2.43. The SMILES string of the molecule is Cc1ccc(C(O)CCN(Cc2ccco2)C2CC2)cc1. The lowest BCUT2D eigenvalue weighted by molar-refractivity contribution is 0.133. The van der Waals surface area contributed by atoms with Crippen LogP contribution in [0.25, 0.3) is 0 Å². The number of benzene rings is 1. The quantitative estimate of drug-likeness (QED) is 0.843. The van der Waals surface area contributed by atoms with Gasteiger partial charge in [0.15, 0.2) is 0 Å². The van der Waals surface area contributed by atoms with Gasteiger partial charge in [-0.3, -0.25) is 4.90 Å². The van der Waals surface area contributed by atoms with Crippen LogP contribution < -0.4 is 0 Å². The number of hydrogen-bond acceptors (Lipinski definition) is 3. The van der Waals surface area contributed by atoms with Crippen LogP contribution in [0.3, 0.4) is 0 Å². The zero-order chi connectivity index (χ0) is 14.7. The van der Waals surface area contributed by atoms with Crippen molar-refractivity contribution in [1.82, 2.24) is 4.90 Å². The third kappa shape index (κ3) is 3.96. The number of aryl methyl sites for hydroxylation is 1. The van der Waals surface area contributed by atoms with Gasteiger partial charge in [0.1, 0.15) is 5.76 Å². The molecule has 1 N–H and O–H groups in total. The van der Waals surface area contributed by atoms with Gasteiger partial charge in [0.05, 0.1) is 18.9 Å². The number of aliphatic hydroxyl groups is 1. The molecule has 2 aromatic rings. The van der Waals surface area contributed by atoms with Gasteiger partial charge in [0.25, 0.3) is 0 Å². The predicted octanol–water partition coefficient (Wildman–Crippen LogP) is 3.68. The van der Waals surface area contributed by atoms with Crippen LogP contribution in [0.15, 0.2) is 47.1 Å². The molecular formula is C18H23NO2. The Kier molecular flexibility index (Phi) is 4.42. The molecule has 3 nitrogen and oxygen atoms in total. The first kappa shape index (κ1) is 14.4. The molecule has 3 heteroatoms. The monoisotopic (exact) mass is 285 g/mol. The second-order valence-corrected chi connectivity index (χ2v) is 6.00. The largest absolute Gasteiger partial charge is 0.468 e. The maximum Gasteiger partial charge on any atom is 0.117 e. The third-order valence-electron chi connectivity index (χ3n) is 4.15. The minimum Gasteiger partial charge on any atom is -0.468 e. The molecule has 21 heavy (non-hydrogen) atoms. The topological polar surface area (TPSA) is 36.6 Å². The van der Waals surface area contributed by atoms with Crippen molar-refractivity contribution in [3.8, 4) is 0 Å². The van der Waals surface area contributed by atoms with Crippen LogP contribution >= 0.6 is 0 Å². The van der Waals surface area contributed by atoms with Gasteiger partial charge >= 0.3 is 0 Å². The van der Waals surface area contributed by atoms with Crippen LogP contribution in [-0.4, -0.2) is 22.6 Å². The Labute approximate surface area is 126 Å². The van der Waals surface area contributed by atoms with Gasteiger partial charge < -0.3 is 9.52 Å². The van der Waals surface area contributed by atoms with Crippen molar-refractivity contribution in [2.75, 3.05) is 6.54 Å². The van der Waals surface area contributed by atoms with E-state index in [9.17, 15) is 5.11 Å². The third-order valence-corrected chi connectivity index (χ3v) is 4.15. The van der Waals surface area contributed by atoms with Crippen molar-refractivity contribution < 1.29 is 9.52 Å². The van der Waals surface area contributed by atoms with E-state index in [2.05, 4.69) is 24.0 Å². The maximum absolute atomic E-state index is 10.3. The predicted molar refractivity (Wildman–Crippen MR) is 82.9 cm³/mol. The number of aliphatic hydroxyl groups excluding tert-OH is 1. The van der Waals surface area contributed by atoms with Crippen molar-refractivity contribution in [2.24, 2.45) is 0 Å². The molecule has 0 spiro atoms. The van der Waals surface area contributed by atoms with Crippen LogP contribution in [-0.2, 0) is 6.54 Å². The molecule has 0 saturated heterocycles. The first-order valence-electron chi connectivity index (χ1n) is 7.73. The molecule has 1 unspecified atom stereocenters. The zero-order valence-electron chi connectivity index (χ0n) is 12.5. The molecule has 1 aliphatic rings. The lowest BCUT2D eigenvalue weighted by Gasteiger charge is -2.22. The average Bonchev–Trinajstić information content (AvgIpc) is 3.21. The summed E-state index contributed by atoms with van der Waals surface area (Å²) >= 11 is 0. The molecule has 0 radical (unpaired) electrons. The van der Waals surface area contributed by atoms with Crippen LogP contribution in [0.2, 0.25) is 0 Å². The summed E-state index contributed by atoms with van der Waals surface area (Å²) in [5, 5.41) is 10.3. The van der Waals surface area contributed by atoms with E-state index in [4.69, 9.17) is 4.42 Å². The summed E-state index contributed by atoms with van der Waals surface area (Å²) < 4.78 is 5.44. The molecule has 1 fully saturated rings. The molecule has 1 aliphatic carbocycles. The van der Waals surface area contributed by atoms with Crippen molar-refractivity contribution >= 4 is 0 Å². The Morgan fingerprint density at radius 3 is 2.62 bits per heavy atom.